The normalized spacial score (nSPS) is 39.1. The van der Waals surface area contributed by atoms with Crippen molar-refractivity contribution in [3.63, 3.8) is 0 Å². The number of rotatable bonds is 3. The highest BCUT2D eigenvalue weighted by molar-refractivity contribution is 5.68. The molecule has 3 nitrogen and oxygen atoms in total. The highest BCUT2D eigenvalue weighted by Gasteiger charge is 2.47. The van der Waals surface area contributed by atoms with E-state index in [2.05, 4.69) is 26.8 Å². The highest BCUT2D eigenvalue weighted by atomic mass is 16.5. The Morgan fingerprint density at radius 1 is 1.56 bits per heavy atom. The number of allylic oxidation sites excluding steroid dienone is 1. The Morgan fingerprint density at radius 2 is 2.28 bits per heavy atom. The van der Waals surface area contributed by atoms with Gasteiger partial charge in [-0.1, -0.05) is 25.5 Å². The molecule has 0 amide bonds. The lowest BCUT2D eigenvalue weighted by molar-refractivity contribution is -0.161. The summed E-state index contributed by atoms with van der Waals surface area (Å²) in [5, 5.41) is 0. The molecule has 102 valence electrons. The second-order valence-electron chi connectivity index (χ2n) is 5.90. The Balaban J connectivity index is 2.14. The van der Waals surface area contributed by atoms with Gasteiger partial charge in [0.05, 0.1) is 19.3 Å². The Labute approximate surface area is 110 Å². The van der Waals surface area contributed by atoms with Gasteiger partial charge in [0.15, 0.2) is 0 Å². The monoisotopic (exact) mass is 252 g/mol. The molecular formula is C15H24O3. The molecule has 1 aliphatic heterocycles. The molecule has 0 radical (unpaired) electrons. The molecule has 3 heteroatoms. The van der Waals surface area contributed by atoms with Gasteiger partial charge in [0, 0.05) is 17.8 Å². The van der Waals surface area contributed by atoms with Crippen molar-refractivity contribution in [2.24, 2.45) is 17.3 Å². The molecule has 4 atom stereocenters. The minimum atomic E-state index is -0.113. The Bertz CT molecular complexity index is 361. The lowest BCUT2D eigenvalue weighted by Gasteiger charge is -2.49. The van der Waals surface area contributed by atoms with Crippen molar-refractivity contribution in [2.75, 3.05) is 13.2 Å². The van der Waals surface area contributed by atoms with Gasteiger partial charge in [-0.05, 0) is 26.2 Å². The highest BCUT2D eigenvalue weighted by Crippen LogP contribution is 2.48. The maximum atomic E-state index is 11.4. The first-order valence-electron chi connectivity index (χ1n) is 6.94. The van der Waals surface area contributed by atoms with Gasteiger partial charge >= 0.3 is 5.97 Å². The van der Waals surface area contributed by atoms with Crippen molar-refractivity contribution in [1.29, 1.82) is 0 Å². The molecule has 1 aliphatic carbocycles. The summed E-state index contributed by atoms with van der Waals surface area (Å²) in [6, 6.07) is 0. The summed E-state index contributed by atoms with van der Waals surface area (Å²) in [6.07, 6.45) is 4.14. The van der Waals surface area contributed by atoms with Crippen LogP contribution < -0.4 is 0 Å². The number of fused-ring (bicyclic) bond motifs is 2. The Hall–Kier alpha value is -0.830. The van der Waals surface area contributed by atoms with Crippen LogP contribution in [0.25, 0.3) is 0 Å². The summed E-state index contributed by atoms with van der Waals surface area (Å²) in [5.74, 6) is 0.777. The van der Waals surface area contributed by atoms with Gasteiger partial charge in [-0.25, -0.2) is 0 Å². The number of ether oxygens (including phenoxy) is 2. The van der Waals surface area contributed by atoms with Gasteiger partial charge in [-0.2, -0.15) is 0 Å². The molecule has 2 unspecified atom stereocenters. The molecule has 0 aromatic carbocycles. The third kappa shape index (κ3) is 2.33. The average Bonchev–Trinajstić information content (AvgIpc) is 2.36. The van der Waals surface area contributed by atoms with Crippen molar-refractivity contribution in [3.8, 4) is 0 Å². The van der Waals surface area contributed by atoms with Crippen LogP contribution in [0.3, 0.4) is 0 Å². The number of carbonyl (C=O) groups excluding carboxylic acids is 1. The Morgan fingerprint density at radius 3 is 2.94 bits per heavy atom. The van der Waals surface area contributed by atoms with Crippen LogP contribution in [0.2, 0.25) is 0 Å². The van der Waals surface area contributed by atoms with Crippen molar-refractivity contribution in [1.82, 2.24) is 0 Å². The molecule has 0 N–H and O–H groups in total. The third-order valence-electron chi connectivity index (χ3n) is 4.70. The third-order valence-corrected chi connectivity index (χ3v) is 4.70. The fourth-order valence-electron chi connectivity index (χ4n) is 3.18. The van der Waals surface area contributed by atoms with E-state index >= 15 is 0 Å². The molecule has 2 bridgehead atoms. The SMILES string of the molecule is CCC(=O)OC[C@@]12COC(C)[C@@H](C1)C(C)=CC2C. The van der Waals surface area contributed by atoms with Crippen LogP contribution >= 0.6 is 0 Å². The van der Waals surface area contributed by atoms with Crippen LogP contribution in [-0.4, -0.2) is 25.3 Å². The molecule has 0 aromatic rings. The topological polar surface area (TPSA) is 35.5 Å². The van der Waals surface area contributed by atoms with Crippen molar-refractivity contribution in [3.05, 3.63) is 11.6 Å². The van der Waals surface area contributed by atoms with E-state index in [9.17, 15) is 4.79 Å². The largest absolute Gasteiger partial charge is 0.465 e. The van der Waals surface area contributed by atoms with Gasteiger partial charge in [0.2, 0.25) is 0 Å². The fraction of sp³-hybridized carbons (Fsp3) is 0.800. The molecule has 1 fully saturated rings. The van der Waals surface area contributed by atoms with E-state index in [0.29, 0.717) is 31.5 Å². The smallest absolute Gasteiger partial charge is 0.305 e. The standard InChI is InChI=1S/C15H24O3/c1-5-14(16)18-9-15-7-13(12(4)17-8-15)10(2)6-11(15)3/h6,11-13H,5,7-9H2,1-4H3/t11?,12?,13-,15-/m0/s1. The number of carbonyl (C=O) groups is 1. The summed E-state index contributed by atoms with van der Waals surface area (Å²) in [5.41, 5.74) is 1.41. The van der Waals surface area contributed by atoms with Crippen LogP contribution in [-0.2, 0) is 14.3 Å². The molecule has 2 aliphatic rings. The van der Waals surface area contributed by atoms with Crippen LogP contribution in [0.5, 0.6) is 0 Å². The van der Waals surface area contributed by atoms with Gasteiger partial charge in [-0.15, -0.1) is 0 Å². The molecule has 0 aromatic heterocycles. The van der Waals surface area contributed by atoms with Crippen molar-refractivity contribution in [2.45, 2.75) is 46.6 Å². The van der Waals surface area contributed by atoms with E-state index in [-0.39, 0.29) is 17.5 Å². The molecule has 2 rings (SSSR count). The summed E-state index contributed by atoms with van der Waals surface area (Å²) in [7, 11) is 0. The van der Waals surface area contributed by atoms with Crippen molar-refractivity contribution < 1.29 is 14.3 Å². The maximum absolute atomic E-state index is 11.4. The second-order valence-corrected chi connectivity index (χ2v) is 5.90. The number of hydrogen-bond acceptors (Lipinski definition) is 3. The van der Waals surface area contributed by atoms with Gasteiger partial charge in [-0.3, -0.25) is 4.79 Å². The van der Waals surface area contributed by atoms with E-state index in [4.69, 9.17) is 9.47 Å². The first-order chi connectivity index (χ1) is 8.48. The lowest BCUT2D eigenvalue weighted by Crippen LogP contribution is -2.50. The quantitative estimate of drug-likeness (QED) is 0.572. The first-order valence-corrected chi connectivity index (χ1v) is 6.94. The summed E-state index contributed by atoms with van der Waals surface area (Å²) in [6.45, 7) is 9.56. The van der Waals surface area contributed by atoms with Gasteiger partial charge in [0.1, 0.15) is 0 Å². The van der Waals surface area contributed by atoms with Crippen LogP contribution in [0.15, 0.2) is 11.6 Å². The minimum absolute atomic E-state index is 0.0124. The first kappa shape index (κ1) is 13.6. The van der Waals surface area contributed by atoms with Gasteiger partial charge in [0.25, 0.3) is 0 Å². The van der Waals surface area contributed by atoms with E-state index in [1.54, 1.807) is 0 Å². The van der Waals surface area contributed by atoms with Crippen molar-refractivity contribution >= 4 is 5.97 Å². The number of hydrogen-bond donors (Lipinski definition) is 0. The molecule has 1 saturated heterocycles. The summed E-state index contributed by atoms with van der Waals surface area (Å²) in [4.78, 5) is 11.4. The predicted molar refractivity (Wildman–Crippen MR) is 70.1 cm³/mol. The number of esters is 1. The van der Waals surface area contributed by atoms with E-state index < -0.39 is 0 Å². The molecule has 0 saturated carbocycles. The van der Waals surface area contributed by atoms with E-state index in [1.807, 2.05) is 6.92 Å². The zero-order chi connectivity index (χ0) is 13.3. The van der Waals surface area contributed by atoms with Crippen LogP contribution in [0.1, 0.15) is 40.5 Å². The predicted octanol–water partition coefficient (Wildman–Crippen LogP) is 2.95. The summed E-state index contributed by atoms with van der Waals surface area (Å²) >= 11 is 0. The lowest BCUT2D eigenvalue weighted by atomic mass is 9.63. The minimum Gasteiger partial charge on any atom is -0.465 e. The zero-order valence-corrected chi connectivity index (χ0v) is 11.9. The molecule has 0 spiro atoms. The molecule has 1 heterocycles. The van der Waals surface area contributed by atoms with Crippen LogP contribution in [0.4, 0.5) is 0 Å². The van der Waals surface area contributed by atoms with E-state index in [0.717, 1.165) is 6.42 Å². The van der Waals surface area contributed by atoms with Gasteiger partial charge < -0.3 is 9.47 Å². The van der Waals surface area contributed by atoms with E-state index in [1.165, 1.54) is 5.57 Å². The fourth-order valence-corrected chi connectivity index (χ4v) is 3.18. The summed E-state index contributed by atoms with van der Waals surface area (Å²) < 4.78 is 11.3. The molecular weight excluding hydrogens is 228 g/mol. The zero-order valence-electron chi connectivity index (χ0n) is 11.9. The average molecular weight is 252 g/mol. The van der Waals surface area contributed by atoms with Crippen LogP contribution in [0, 0.1) is 17.3 Å². The Kier molecular flexibility index (Phi) is 3.81. The second kappa shape index (κ2) is 5.04. The maximum Gasteiger partial charge on any atom is 0.305 e. The molecule has 18 heavy (non-hydrogen) atoms.